The Morgan fingerprint density at radius 3 is 2.75 bits per heavy atom. The fourth-order valence-electron chi connectivity index (χ4n) is 1.89. The molecule has 2 rings (SSSR count). The van der Waals surface area contributed by atoms with Crippen molar-refractivity contribution in [2.75, 3.05) is 7.11 Å². The molecule has 0 amide bonds. The van der Waals surface area contributed by atoms with Crippen LogP contribution in [0, 0.1) is 5.82 Å². The maximum absolute atomic E-state index is 14.0. The van der Waals surface area contributed by atoms with Crippen molar-refractivity contribution in [2.24, 2.45) is 0 Å². The highest BCUT2D eigenvalue weighted by atomic mass is 79.9. The minimum Gasteiger partial charge on any atom is -0.497 e. The largest absolute Gasteiger partial charge is 0.497 e. The van der Waals surface area contributed by atoms with Gasteiger partial charge in [-0.15, -0.1) is 0 Å². The molecule has 0 aliphatic rings. The third-order valence-electron chi connectivity index (χ3n) is 2.93. The van der Waals surface area contributed by atoms with Gasteiger partial charge >= 0.3 is 0 Å². The molecule has 2 aromatic carbocycles. The molecule has 5 heteroatoms. The Labute approximate surface area is 139 Å². The number of hydrogen-bond acceptors (Lipinski definition) is 1. The van der Waals surface area contributed by atoms with Crippen molar-refractivity contribution in [2.45, 2.75) is 11.2 Å². The van der Waals surface area contributed by atoms with Crippen LogP contribution in [-0.2, 0) is 6.42 Å². The first kappa shape index (κ1) is 15.8. The highest BCUT2D eigenvalue weighted by molar-refractivity contribution is 9.10. The molecule has 0 aliphatic heterocycles. The van der Waals surface area contributed by atoms with Crippen molar-refractivity contribution in [1.29, 1.82) is 0 Å². The molecule has 0 bridgehead atoms. The zero-order valence-electron chi connectivity index (χ0n) is 10.7. The average molecular weight is 423 g/mol. The van der Waals surface area contributed by atoms with E-state index in [1.165, 1.54) is 6.07 Å². The van der Waals surface area contributed by atoms with Crippen molar-refractivity contribution in [3.8, 4) is 5.75 Å². The van der Waals surface area contributed by atoms with Gasteiger partial charge in [-0.05, 0) is 52.2 Å². The fourth-order valence-corrected chi connectivity index (χ4v) is 3.11. The van der Waals surface area contributed by atoms with Crippen LogP contribution in [0.25, 0.3) is 0 Å². The van der Waals surface area contributed by atoms with E-state index in [0.29, 0.717) is 21.5 Å². The van der Waals surface area contributed by atoms with Crippen LogP contribution >= 0.6 is 43.5 Å². The monoisotopic (exact) mass is 420 g/mol. The normalized spacial score (nSPS) is 12.2. The minimum atomic E-state index is -0.286. The van der Waals surface area contributed by atoms with E-state index in [2.05, 4.69) is 31.9 Å². The zero-order chi connectivity index (χ0) is 14.7. The summed E-state index contributed by atoms with van der Waals surface area (Å²) in [5.74, 6) is 0.502. The fraction of sp³-hybridized carbons (Fsp3) is 0.200. The van der Waals surface area contributed by atoms with Gasteiger partial charge < -0.3 is 4.74 Å². The molecule has 0 saturated heterocycles. The van der Waals surface area contributed by atoms with Crippen LogP contribution in [0.4, 0.5) is 4.39 Å². The van der Waals surface area contributed by atoms with Crippen molar-refractivity contribution in [3.05, 3.63) is 62.8 Å². The standard InChI is InChI=1S/C15H12Br2ClFO/c1-20-10-4-2-3-9(5-10)6-12(16)11-7-14(18)13(17)8-15(11)19/h2-5,7-8,12H,6H2,1H3. The first-order valence-corrected chi connectivity index (χ1v) is 8.01. The predicted octanol–water partition coefficient (Wildman–Crippen LogP) is 5.93. The predicted molar refractivity (Wildman–Crippen MR) is 87.5 cm³/mol. The van der Waals surface area contributed by atoms with E-state index in [9.17, 15) is 4.39 Å². The molecule has 0 spiro atoms. The van der Waals surface area contributed by atoms with Crippen molar-refractivity contribution >= 4 is 43.5 Å². The SMILES string of the molecule is COc1cccc(CC(Br)c2cc(Cl)c(Br)cc2F)c1. The summed E-state index contributed by atoms with van der Waals surface area (Å²) in [6.07, 6.45) is 0.645. The number of benzene rings is 2. The summed E-state index contributed by atoms with van der Waals surface area (Å²) < 4.78 is 19.7. The van der Waals surface area contributed by atoms with Crippen LogP contribution in [0.3, 0.4) is 0 Å². The van der Waals surface area contributed by atoms with Crippen LogP contribution in [0.15, 0.2) is 40.9 Å². The number of alkyl halides is 1. The van der Waals surface area contributed by atoms with Gasteiger partial charge in [-0.2, -0.15) is 0 Å². The van der Waals surface area contributed by atoms with E-state index in [4.69, 9.17) is 16.3 Å². The van der Waals surface area contributed by atoms with Crippen LogP contribution in [0.1, 0.15) is 16.0 Å². The molecule has 1 atom stereocenters. The molecular weight excluding hydrogens is 410 g/mol. The number of halogens is 4. The van der Waals surface area contributed by atoms with E-state index < -0.39 is 0 Å². The Balaban J connectivity index is 2.23. The molecule has 0 heterocycles. The molecule has 0 N–H and O–H groups in total. The highest BCUT2D eigenvalue weighted by Gasteiger charge is 2.16. The van der Waals surface area contributed by atoms with E-state index in [1.54, 1.807) is 13.2 Å². The molecule has 0 aromatic heterocycles. The molecule has 0 saturated carbocycles. The van der Waals surface area contributed by atoms with Gasteiger partial charge in [-0.3, -0.25) is 0 Å². The van der Waals surface area contributed by atoms with Gasteiger partial charge in [0.2, 0.25) is 0 Å². The molecular formula is C15H12Br2ClFO. The second kappa shape index (κ2) is 6.92. The lowest BCUT2D eigenvalue weighted by atomic mass is 10.0. The maximum atomic E-state index is 14.0. The van der Waals surface area contributed by atoms with E-state index in [-0.39, 0.29) is 10.6 Å². The number of methoxy groups -OCH3 is 1. The maximum Gasteiger partial charge on any atom is 0.128 e. The zero-order valence-corrected chi connectivity index (χ0v) is 14.6. The van der Waals surface area contributed by atoms with Crippen LogP contribution in [-0.4, -0.2) is 7.11 Å². The van der Waals surface area contributed by atoms with Crippen LogP contribution < -0.4 is 4.74 Å². The first-order chi connectivity index (χ1) is 9.51. The van der Waals surface area contributed by atoms with E-state index in [0.717, 1.165) is 11.3 Å². The highest BCUT2D eigenvalue weighted by Crippen LogP contribution is 2.34. The molecule has 0 aliphatic carbocycles. The summed E-state index contributed by atoms with van der Waals surface area (Å²) in [5.41, 5.74) is 1.60. The van der Waals surface area contributed by atoms with Gasteiger partial charge in [-0.25, -0.2) is 4.39 Å². The topological polar surface area (TPSA) is 9.23 Å². The van der Waals surface area contributed by atoms with Crippen molar-refractivity contribution in [1.82, 2.24) is 0 Å². The van der Waals surface area contributed by atoms with Gasteiger partial charge in [0, 0.05) is 14.9 Å². The second-order valence-electron chi connectivity index (χ2n) is 4.31. The summed E-state index contributed by atoms with van der Waals surface area (Å²) in [6, 6.07) is 10.7. The van der Waals surface area contributed by atoms with Crippen molar-refractivity contribution in [3.63, 3.8) is 0 Å². The molecule has 1 unspecified atom stereocenters. The summed E-state index contributed by atoms with van der Waals surface area (Å²) in [4.78, 5) is -0.153. The average Bonchev–Trinajstić information content (AvgIpc) is 2.43. The Hall–Kier alpha value is -0.580. The molecule has 0 fully saturated rings. The van der Waals surface area contributed by atoms with Crippen LogP contribution in [0.5, 0.6) is 5.75 Å². The van der Waals surface area contributed by atoms with Gasteiger partial charge in [0.25, 0.3) is 0 Å². The van der Waals surface area contributed by atoms with Crippen LogP contribution in [0.2, 0.25) is 5.02 Å². The van der Waals surface area contributed by atoms with Gasteiger partial charge in [0.15, 0.2) is 0 Å². The number of rotatable bonds is 4. The molecule has 1 nitrogen and oxygen atoms in total. The van der Waals surface area contributed by atoms with Gasteiger partial charge in [0.1, 0.15) is 11.6 Å². The lowest BCUT2D eigenvalue weighted by molar-refractivity contribution is 0.414. The molecule has 0 radical (unpaired) electrons. The summed E-state index contributed by atoms with van der Waals surface area (Å²) >= 11 is 12.8. The molecule has 20 heavy (non-hydrogen) atoms. The summed E-state index contributed by atoms with van der Waals surface area (Å²) in [6.45, 7) is 0. The summed E-state index contributed by atoms with van der Waals surface area (Å²) in [5, 5.41) is 0.497. The van der Waals surface area contributed by atoms with Gasteiger partial charge in [0.05, 0.1) is 12.1 Å². The third kappa shape index (κ3) is 3.74. The second-order valence-corrected chi connectivity index (χ2v) is 6.68. The quantitative estimate of drug-likeness (QED) is 0.438. The minimum absolute atomic E-state index is 0.153. The van der Waals surface area contributed by atoms with Gasteiger partial charge in [-0.1, -0.05) is 39.7 Å². The van der Waals surface area contributed by atoms with E-state index in [1.807, 2.05) is 24.3 Å². The third-order valence-corrected chi connectivity index (χ3v) is 4.94. The molecule has 106 valence electrons. The Kier molecular flexibility index (Phi) is 5.47. The Morgan fingerprint density at radius 1 is 1.30 bits per heavy atom. The Bertz CT molecular complexity index is 619. The number of hydrogen-bond donors (Lipinski definition) is 0. The number of ether oxygens (including phenoxy) is 1. The smallest absolute Gasteiger partial charge is 0.128 e. The molecule has 2 aromatic rings. The lowest BCUT2D eigenvalue weighted by Crippen LogP contribution is -1.99. The Morgan fingerprint density at radius 2 is 2.05 bits per heavy atom. The lowest BCUT2D eigenvalue weighted by Gasteiger charge is -2.13. The van der Waals surface area contributed by atoms with Crippen molar-refractivity contribution < 1.29 is 9.13 Å². The van der Waals surface area contributed by atoms with E-state index >= 15 is 0 Å². The summed E-state index contributed by atoms with van der Waals surface area (Å²) in [7, 11) is 1.62. The first-order valence-electron chi connectivity index (χ1n) is 5.92.